The number of nitrogens with zero attached hydrogens (tertiary/aromatic N) is 2. The second-order valence-electron chi connectivity index (χ2n) is 7.70. The Morgan fingerprint density at radius 1 is 0.966 bits per heavy atom. The molecule has 6 nitrogen and oxygen atoms in total. The average Bonchev–Trinajstić information content (AvgIpc) is 3.31. The molecule has 0 aromatic heterocycles. The van der Waals surface area contributed by atoms with Crippen molar-refractivity contribution in [3.63, 3.8) is 0 Å². The van der Waals surface area contributed by atoms with Gasteiger partial charge in [0.2, 0.25) is 11.8 Å². The Kier molecular flexibility index (Phi) is 4.94. The molecule has 0 saturated heterocycles. The Morgan fingerprint density at radius 3 is 2.38 bits per heavy atom. The molecule has 2 aromatic rings. The van der Waals surface area contributed by atoms with E-state index in [1.165, 1.54) is 6.92 Å². The Hall–Kier alpha value is -2.67. The number of rotatable bonds is 4. The van der Waals surface area contributed by atoms with Gasteiger partial charge in [-0.3, -0.25) is 9.59 Å². The molecule has 29 heavy (non-hydrogen) atoms. The lowest BCUT2D eigenvalue weighted by atomic mass is 10.2. The maximum Gasteiger partial charge on any atom is 0.228 e. The molecule has 0 N–H and O–H groups in total. The van der Waals surface area contributed by atoms with E-state index in [1.54, 1.807) is 34.9 Å². The Bertz CT molecular complexity index is 1090. The van der Waals surface area contributed by atoms with E-state index in [-0.39, 0.29) is 23.1 Å². The van der Waals surface area contributed by atoms with Crippen LogP contribution in [0.5, 0.6) is 0 Å². The van der Waals surface area contributed by atoms with Crippen molar-refractivity contribution in [2.75, 3.05) is 22.9 Å². The SMILES string of the molecule is CC(=O)N1CCc2cc(S(=O)(=O)C(C)CC(=O)N3CCc4ccccc43)ccc21. The Balaban J connectivity index is 1.52. The number of amides is 2. The zero-order valence-corrected chi connectivity index (χ0v) is 17.4. The standard InChI is InChI=1S/C22H24N2O4S/c1-15(13-22(26)24-12-9-17-5-3-4-6-20(17)24)29(27,28)19-7-8-21-18(14-19)10-11-23(21)16(2)25/h3-8,14-15H,9-13H2,1-2H3. The quantitative estimate of drug-likeness (QED) is 0.774. The van der Waals surface area contributed by atoms with Gasteiger partial charge in [-0.15, -0.1) is 0 Å². The molecular formula is C22H24N2O4S. The van der Waals surface area contributed by atoms with Gasteiger partial charge in [0.25, 0.3) is 0 Å². The minimum Gasteiger partial charge on any atom is -0.312 e. The van der Waals surface area contributed by atoms with Gasteiger partial charge in [0.05, 0.1) is 10.1 Å². The maximum absolute atomic E-state index is 13.1. The highest BCUT2D eigenvalue weighted by Crippen LogP contribution is 2.32. The number of carbonyl (C=O) groups is 2. The van der Waals surface area contributed by atoms with Crippen molar-refractivity contribution in [3.05, 3.63) is 53.6 Å². The zero-order valence-electron chi connectivity index (χ0n) is 16.6. The van der Waals surface area contributed by atoms with Gasteiger partial charge in [-0.25, -0.2) is 8.42 Å². The molecule has 2 aliphatic heterocycles. The van der Waals surface area contributed by atoms with Gasteiger partial charge in [-0.05, 0) is 55.2 Å². The van der Waals surface area contributed by atoms with E-state index in [4.69, 9.17) is 0 Å². The third-order valence-corrected chi connectivity index (χ3v) is 7.97. The van der Waals surface area contributed by atoms with Crippen molar-refractivity contribution in [1.29, 1.82) is 0 Å². The van der Waals surface area contributed by atoms with Crippen LogP contribution in [-0.4, -0.2) is 38.6 Å². The van der Waals surface area contributed by atoms with Crippen LogP contribution in [0.1, 0.15) is 31.4 Å². The predicted octanol–water partition coefficient (Wildman–Crippen LogP) is 2.74. The topological polar surface area (TPSA) is 74.8 Å². The van der Waals surface area contributed by atoms with Gasteiger partial charge in [-0.2, -0.15) is 0 Å². The molecule has 7 heteroatoms. The van der Waals surface area contributed by atoms with Crippen molar-refractivity contribution >= 4 is 33.0 Å². The van der Waals surface area contributed by atoms with E-state index in [1.807, 2.05) is 24.3 Å². The number of hydrogen-bond donors (Lipinski definition) is 0. The second kappa shape index (κ2) is 7.30. The summed E-state index contributed by atoms with van der Waals surface area (Å²) in [5, 5.41) is -0.828. The molecule has 0 radical (unpaired) electrons. The Labute approximate surface area is 171 Å². The number of para-hydroxylation sites is 1. The molecule has 0 aliphatic carbocycles. The fourth-order valence-corrected chi connectivity index (χ4v) is 5.57. The molecule has 1 unspecified atom stereocenters. The van der Waals surface area contributed by atoms with E-state index in [9.17, 15) is 18.0 Å². The summed E-state index contributed by atoms with van der Waals surface area (Å²) in [5.41, 5.74) is 3.62. The summed E-state index contributed by atoms with van der Waals surface area (Å²) in [6.45, 7) is 4.25. The van der Waals surface area contributed by atoms with Crippen LogP contribution >= 0.6 is 0 Å². The minimum atomic E-state index is -3.65. The monoisotopic (exact) mass is 412 g/mol. The molecule has 2 aliphatic rings. The van der Waals surface area contributed by atoms with Crippen molar-refractivity contribution < 1.29 is 18.0 Å². The summed E-state index contributed by atoms with van der Waals surface area (Å²) in [4.78, 5) is 28.1. The highest BCUT2D eigenvalue weighted by molar-refractivity contribution is 7.92. The summed E-state index contributed by atoms with van der Waals surface area (Å²) in [5.74, 6) is -0.223. The third-order valence-electron chi connectivity index (χ3n) is 5.84. The summed E-state index contributed by atoms with van der Waals surface area (Å²) in [6.07, 6.45) is 1.37. The fraction of sp³-hybridized carbons (Fsp3) is 0.364. The lowest BCUT2D eigenvalue weighted by Crippen LogP contribution is -2.33. The van der Waals surface area contributed by atoms with Crippen molar-refractivity contribution in [2.45, 2.75) is 43.3 Å². The zero-order chi connectivity index (χ0) is 20.8. The normalized spacial score (nSPS) is 16.5. The van der Waals surface area contributed by atoms with Crippen LogP contribution in [-0.2, 0) is 32.3 Å². The van der Waals surface area contributed by atoms with Crippen LogP contribution in [0, 0.1) is 0 Å². The molecule has 2 amide bonds. The van der Waals surface area contributed by atoms with Crippen LogP contribution in [0.15, 0.2) is 47.4 Å². The highest BCUT2D eigenvalue weighted by Gasteiger charge is 2.32. The van der Waals surface area contributed by atoms with Crippen molar-refractivity contribution in [1.82, 2.24) is 0 Å². The van der Waals surface area contributed by atoms with Crippen LogP contribution < -0.4 is 9.80 Å². The number of sulfone groups is 1. The summed E-state index contributed by atoms with van der Waals surface area (Å²) < 4.78 is 26.2. The number of carbonyl (C=O) groups excluding carboxylic acids is 2. The predicted molar refractivity (Wildman–Crippen MR) is 112 cm³/mol. The fourth-order valence-electron chi connectivity index (χ4n) is 4.18. The van der Waals surface area contributed by atoms with E-state index >= 15 is 0 Å². The molecule has 2 heterocycles. The molecule has 152 valence electrons. The first-order valence-electron chi connectivity index (χ1n) is 9.82. The van der Waals surface area contributed by atoms with Crippen LogP contribution in [0.2, 0.25) is 0 Å². The number of benzene rings is 2. The van der Waals surface area contributed by atoms with Crippen molar-refractivity contribution in [3.8, 4) is 0 Å². The molecule has 2 aromatic carbocycles. The largest absolute Gasteiger partial charge is 0.312 e. The second-order valence-corrected chi connectivity index (χ2v) is 10.1. The summed E-state index contributed by atoms with van der Waals surface area (Å²) in [7, 11) is -3.65. The highest BCUT2D eigenvalue weighted by atomic mass is 32.2. The Morgan fingerprint density at radius 2 is 1.62 bits per heavy atom. The first kappa shape index (κ1) is 19.6. The smallest absolute Gasteiger partial charge is 0.228 e. The average molecular weight is 413 g/mol. The maximum atomic E-state index is 13.1. The van der Waals surface area contributed by atoms with Gasteiger partial charge in [0, 0.05) is 37.8 Å². The van der Waals surface area contributed by atoms with E-state index in [2.05, 4.69) is 0 Å². The summed E-state index contributed by atoms with van der Waals surface area (Å²) >= 11 is 0. The van der Waals surface area contributed by atoms with Gasteiger partial charge in [0.15, 0.2) is 9.84 Å². The van der Waals surface area contributed by atoms with E-state index < -0.39 is 15.1 Å². The number of fused-ring (bicyclic) bond motifs is 2. The molecule has 0 spiro atoms. The van der Waals surface area contributed by atoms with Crippen LogP contribution in [0.3, 0.4) is 0 Å². The first-order valence-corrected chi connectivity index (χ1v) is 11.4. The molecule has 0 saturated carbocycles. The van der Waals surface area contributed by atoms with Gasteiger partial charge >= 0.3 is 0 Å². The lowest BCUT2D eigenvalue weighted by Gasteiger charge is -2.20. The third kappa shape index (κ3) is 3.44. The summed E-state index contributed by atoms with van der Waals surface area (Å²) in [6, 6.07) is 12.6. The molecule has 1 atom stereocenters. The van der Waals surface area contributed by atoms with Crippen molar-refractivity contribution in [2.24, 2.45) is 0 Å². The minimum absolute atomic E-state index is 0.0517. The van der Waals surface area contributed by atoms with Crippen LogP contribution in [0.25, 0.3) is 0 Å². The number of hydrogen-bond acceptors (Lipinski definition) is 4. The molecular weight excluding hydrogens is 388 g/mol. The molecule has 0 fully saturated rings. The lowest BCUT2D eigenvalue weighted by molar-refractivity contribution is -0.118. The molecule has 4 rings (SSSR count). The molecule has 0 bridgehead atoms. The first-order chi connectivity index (χ1) is 13.8. The van der Waals surface area contributed by atoms with Gasteiger partial charge in [-0.1, -0.05) is 18.2 Å². The number of anilines is 2. The van der Waals surface area contributed by atoms with Gasteiger partial charge < -0.3 is 9.80 Å². The van der Waals surface area contributed by atoms with E-state index in [0.717, 1.165) is 28.9 Å². The van der Waals surface area contributed by atoms with Crippen LogP contribution in [0.4, 0.5) is 11.4 Å². The van der Waals surface area contributed by atoms with E-state index in [0.29, 0.717) is 19.5 Å². The van der Waals surface area contributed by atoms with Gasteiger partial charge in [0.1, 0.15) is 0 Å².